The molecule has 40 heavy (non-hydrogen) atoms. The number of carbonyl (C=O) groups excluding carboxylic acids is 3. The number of aromatic nitrogens is 1. The van der Waals surface area contributed by atoms with Crippen LogP contribution in [0.1, 0.15) is 61.5 Å². The van der Waals surface area contributed by atoms with Crippen LogP contribution in [0, 0.1) is 24.6 Å². The highest BCUT2D eigenvalue weighted by Gasteiger charge is 2.39. The van der Waals surface area contributed by atoms with Gasteiger partial charge in [0.15, 0.2) is 10.9 Å². The highest BCUT2D eigenvalue weighted by atomic mass is 32.1. The number of ether oxygens (including phenoxy) is 1. The summed E-state index contributed by atoms with van der Waals surface area (Å²) in [5, 5.41) is 6.17. The Morgan fingerprint density at radius 3 is 2.52 bits per heavy atom. The number of urea groups is 1. The Hall–Kier alpha value is -3.05. The van der Waals surface area contributed by atoms with E-state index in [0.29, 0.717) is 34.7 Å². The van der Waals surface area contributed by atoms with E-state index in [1.807, 2.05) is 32.9 Å². The molecule has 3 amide bonds. The second-order valence-electron chi connectivity index (χ2n) is 11.9. The highest BCUT2D eigenvalue weighted by molar-refractivity contribution is 7.17. The van der Waals surface area contributed by atoms with Gasteiger partial charge in [-0.05, 0) is 77.1 Å². The Morgan fingerprint density at radius 1 is 1.15 bits per heavy atom. The summed E-state index contributed by atoms with van der Waals surface area (Å²) in [4.78, 5) is 46.6. The number of nitrogens with zero attached hydrogens (tertiary/aromatic N) is 3. The molecule has 4 rings (SSSR count). The van der Waals surface area contributed by atoms with Gasteiger partial charge in [-0.15, -0.1) is 0 Å². The van der Waals surface area contributed by atoms with Crippen molar-refractivity contribution in [3.63, 3.8) is 0 Å². The van der Waals surface area contributed by atoms with Crippen LogP contribution >= 0.6 is 11.3 Å². The summed E-state index contributed by atoms with van der Waals surface area (Å²) in [6.07, 6.45) is 2.68. The first-order valence-electron chi connectivity index (χ1n) is 13.9. The molecule has 2 saturated heterocycles. The number of aryl methyl sites for hydroxylation is 1. The van der Waals surface area contributed by atoms with Crippen molar-refractivity contribution in [1.29, 1.82) is 0 Å². The molecule has 3 atom stereocenters. The van der Waals surface area contributed by atoms with Crippen LogP contribution < -0.4 is 10.6 Å². The number of carbonyl (C=O) groups is 3. The monoisotopic (exact) mass is 573 g/mol. The molecule has 1 aromatic heterocycles. The molecule has 11 heteroatoms. The molecule has 1 aromatic carbocycles. The number of benzene rings is 1. The van der Waals surface area contributed by atoms with Gasteiger partial charge < -0.3 is 19.9 Å². The minimum atomic E-state index is -0.618. The van der Waals surface area contributed by atoms with Gasteiger partial charge in [-0.25, -0.2) is 19.0 Å². The number of thiazole rings is 1. The maximum atomic E-state index is 13.3. The molecule has 0 spiro atoms. The van der Waals surface area contributed by atoms with Crippen molar-refractivity contribution in [2.24, 2.45) is 11.8 Å². The van der Waals surface area contributed by atoms with Crippen molar-refractivity contribution in [1.82, 2.24) is 20.1 Å². The minimum Gasteiger partial charge on any atom is -0.444 e. The summed E-state index contributed by atoms with van der Waals surface area (Å²) in [6.45, 7) is 12.1. The number of hydrogen-bond acceptors (Lipinski definition) is 7. The van der Waals surface area contributed by atoms with Gasteiger partial charge in [-0.1, -0.05) is 23.5 Å². The van der Waals surface area contributed by atoms with Crippen molar-refractivity contribution in [2.75, 3.05) is 38.0 Å². The summed E-state index contributed by atoms with van der Waals surface area (Å²) in [7, 11) is 0. The number of nitrogens with one attached hydrogen (secondary N) is 2. The standard InChI is InChI=1S/C29H40FN5O4S/c1-18-25(19(2)36)40-27(31-18)33-26(37)32-24-17-35(28(38)39-29(3,4)5)16-22(24)15-34-12-6-7-21(14-34)13-20-8-10-23(30)11-9-20/h8-11,21-22,24H,6-7,12-17H2,1-5H3,(H2,31,32,33,37)/t21-,22+,24+/m0/s1. The zero-order chi connectivity index (χ0) is 29.0. The number of rotatable bonds is 7. The summed E-state index contributed by atoms with van der Waals surface area (Å²) in [6, 6.07) is 6.03. The van der Waals surface area contributed by atoms with Crippen LogP contribution in [-0.4, -0.2) is 77.1 Å². The van der Waals surface area contributed by atoms with Crippen LogP contribution in [0.15, 0.2) is 24.3 Å². The van der Waals surface area contributed by atoms with Crippen LogP contribution in [0.5, 0.6) is 0 Å². The lowest BCUT2D eigenvalue weighted by Crippen LogP contribution is -2.47. The van der Waals surface area contributed by atoms with Gasteiger partial charge in [0, 0.05) is 39.0 Å². The number of likely N-dealkylation sites (tertiary alicyclic amines) is 2. The van der Waals surface area contributed by atoms with Gasteiger partial charge in [0.1, 0.15) is 11.4 Å². The largest absolute Gasteiger partial charge is 0.444 e. The van der Waals surface area contributed by atoms with Gasteiger partial charge >= 0.3 is 12.1 Å². The van der Waals surface area contributed by atoms with E-state index in [-0.39, 0.29) is 23.6 Å². The van der Waals surface area contributed by atoms with Crippen molar-refractivity contribution < 1.29 is 23.5 Å². The average molecular weight is 574 g/mol. The van der Waals surface area contributed by atoms with Gasteiger partial charge in [-0.3, -0.25) is 10.1 Å². The molecule has 2 aliphatic heterocycles. The van der Waals surface area contributed by atoms with Crippen LogP contribution in [0.2, 0.25) is 0 Å². The predicted molar refractivity (Wildman–Crippen MR) is 153 cm³/mol. The maximum Gasteiger partial charge on any atom is 0.410 e. The first kappa shape index (κ1) is 29.9. The van der Waals surface area contributed by atoms with E-state index in [1.165, 1.54) is 19.1 Å². The first-order chi connectivity index (χ1) is 18.9. The first-order valence-corrected chi connectivity index (χ1v) is 14.7. The van der Waals surface area contributed by atoms with E-state index in [2.05, 4.69) is 20.5 Å². The molecule has 0 radical (unpaired) electrons. The van der Waals surface area contributed by atoms with E-state index in [0.717, 1.165) is 55.8 Å². The molecule has 218 valence electrons. The molecular formula is C29H40FN5O4S. The molecular weight excluding hydrogens is 533 g/mol. The molecule has 2 N–H and O–H groups in total. The number of amides is 3. The molecule has 9 nitrogen and oxygen atoms in total. The third-order valence-corrected chi connectivity index (χ3v) is 8.45. The normalized spacial score (nSPS) is 21.8. The molecule has 0 aliphatic carbocycles. The summed E-state index contributed by atoms with van der Waals surface area (Å²) in [5.74, 6) is 0.151. The van der Waals surface area contributed by atoms with Crippen LogP contribution in [0.25, 0.3) is 0 Å². The average Bonchev–Trinajstić information content (AvgIpc) is 3.42. The zero-order valence-corrected chi connectivity index (χ0v) is 24.8. The van der Waals surface area contributed by atoms with Crippen LogP contribution in [0.3, 0.4) is 0 Å². The molecule has 0 unspecified atom stereocenters. The third-order valence-electron chi connectivity index (χ3n) is 7.28. The quantitative estimate of drug-likeness (QED) is 0.447. The van der Waals surface area contributed by atoms with E-state index in [9.17, 15) is 18.8 Å². The van der Waals surface area contributed by atoms with Gasteiger partial charge in [0.25, 0.3) is 0 Å². The number of ketones is 1. The fraction of sp³-hybridized carbons (Fsp3) is 0.586. The molecule has 0 bridgehead atoms. The predicted octanol–water partition coefficient (Wildman–Crippen LogP) is 5.10. The summed E-state index contributed by atoms with van der Waals surface area (Å²) in [5.41, 5.74) is 1.10. The lowest BCUT2D eigenvalue weighted by Gasteiger charge is -2.35. The maximum absolute atomic E-state index is 13.3. The van der Waals surface area contributed by atoms with E-state index >= 15 is 0 Å². The fourth-order valence-corrected chi connectivity index (χ4v) is 6.40. The second-order valence-corrected chi connectivity index (χ2v) is 12.9. The van der Waals surface area contributed by atoms with E-state index in [1.54, 1.807) is 11.8 Å². The Labute approximate surface area is 239 Å². The molecule has 2 aromatic rings. The highest BCUT2D eigenvalue weighted by Crippen LogP contribution is 2.27. The Bertz CT molecular complexity index is 1210. The summed E-state index contributed by atoms with van der Waals surface area (Å²) >= 11 is 1.15. The SMILES string of the molecule is CC(=O)c1sc(NC(=O)N[C@@H]2CN(C(=O)OC(C)(C)C)C[C@H]2CN2CCC[C@@H](Cc3ccc(F)cc3)C2)nc1C. The molecule has 2 fully saturated rings. The van der Waals surface area contributed by atoms with Crippen molar-refractivity contribution >= 4 is 34.4 Å². The summed E-state index contributed by atoms with van der Waals surface area (Å²) < 4.78 is 19.0. The topological polar surface area (TPSA) is 104 Å². The number of piperidine rings is 1. The lowest BCUT2D eigenvalue weighted by atomic mass is 9.90. The number of Topliss-reactive ketones (excluding diaryl/α,β-unsaturated/α-hetero) is 1. The van der Waals surface area contributed by atoms with Gasteiger partial charge in [-0.2, -0.15) is 0 Å². The van der Waals surface area contributed by atoms with Gasteiger partial charge in [0.05, 0.1) is 16.6 Å². The second kappa shape index (κ2) is 12.6. The molecule has 0 saturated carbocycles. The Morgan fingerprint density at radius 2 is 1.88 bits per heavy atom. The molecule has 3 heterocycles. The number of anilines is 1. The molecule has 2 aliphatic rings. The number of hydrogen-bond donors (Lipinski definition) is 2. The smallest absolute Gasteiger partial charge is 0.410 e. The lowest BCUT2D eigenvalue weighted by molar-refractivity contribution is 0.0281. The van der Waals surface area contributed by atoms with E-state index in [4.69, 9.17) is 4.74 Å². The van der Waals surface area contributed by atoms with Crippen LogP contribution in [-0.2, 0) is 11.2 Å². The van der Waals surface area contributed by atoms with Crippen molar-refractivity contribution in [3.05, 3.63) is 46.2 Å². The fourth-order valence-electron chi connectivity index (χ4n) is 5.54. The Kier molecular flexibility index (Phi) is 9.45. The Balaban J connectivity index is 1.41. The third kappa shape index (κ3) is 8.23. The van der Waals surface area contributed by atoms with E-state index < -0.39 is 17.7 Å². The number of halogens is 1. The van der Waals surface area contributed by atoms with Crippen molar-refractivity contribution in [2.45, 2.75) is 65.5 Å². The van der Waals surface area contributed by atoms with Gasteiger partial charge in [0.2, 0.25) is 0 Å². The minimum absolute atomic E-state index is 0.00801. The zero-order valence-electron chi connectivity index (χ0n) is 24.0. The van der Waals surface area contributed by atoms with Crippen LogP contribution in [0.4, 0.5) is 19.1 Å². The van der Waals surface area contributed by atoms with Crippen molar-refractivity contribution in [3.8, 4) is 0 Å².